The van der Waals surface area contributed by atoms with Crippen LogP contribution in [0.5, 0.6) is 0 Å². The van der Waals surface area contributed by atoms with Crippen LogP contribution in [0, 0.1) is 0 Å². The van der Waals surface area contributed by atoms with Gasteiger partial charge in [-0.15, -0.1) is 11.3 Å². The Kier molecular flexibility index (Phi) is 7.41. The zero-order valence-electron chi connectivity index (χ0n) is 32.6. The van der Waals surface area contributed by atoms with Gasteiger partial charge in [0.25, 0.3) is 0 Å². The quantitative estimate of drug-likeness (QED) is 0.174. The number of para-hydroxylation sites is 3. The second kappa shape index (κ2) is 13.3. The maximum atomic E-state index is 6.75. The number of rotatable bonds is 5. The van der Waals surface area contributed by atoms with Crippen molar-refractivity contribution in [3.8, 4) is 51.0 Å². The summed E-state index contributed by atoms with van der Waals surface area (Å²) in [6.45, 7) is 0. The topological polar surface area (TPSA) is 56.7 Å². The Morgan fingerprint density at radius 1 is 0.393 bits per heavy atom. The van der Waals surface area contributed by atoms with Crippen molar-refractivity contribution >= 4 is 86.0 Å². The molecule has 0 atom stereocenters. The van der Waals surface area contributed by atoms with Crippen LogP contribution in [0.1, 0.15) is 0 Å². The Labute approximate surface area is 353 Å². The van der Waals surface area contributed by atoms with Gasteiger partial charge in [-0.1, -0.05) is 146 Å². The predicted molar refractivity (Wildman–Crippen MR) is 254 cm³/mol. The fourth-order valence-corrected chi connectivity index (χ4v) is 10.3. The van der Waals surface area contributed by atoms with Crippen molar-refractivity contribution < 1.29 is 4.42 Å². The smallest absolute Gasteiger partial charge is 0.238 e. The van der Waals surface area contributed by atoms with E-state index >= 15 is 0 Å². The third-order valence-corrected chi connectivity index (χ3v) is 13.2. The second-order valence-corrected chi connectivity index (χ2v) is 16.7. The fourth-order valence-electron chi connectivity index (χ4n) is 9.18. The van der Waals surface area contributed by atoms with E-state index in [0.29, 0.717) is 17.6 Å². The lowest BCUT2D eigenvalue weighted by atomic mass is 9.99. The summed E-state index contributed by atoms with van der Waals surface area (Å²) in [6.07, 6.45) is 0. The van der Waals surface area contributed by atoms with E-state index in [1.165, 1.54) is 30.9 Å². The van der Waals surface area contributed by atoms with Gasteiger partial charge < -0.3 is 4.42 Å². The molecule has 0 aliphatic rings. The maximum Gasteiger partial charge on any atom is 0.238 e. The summed E-state index contributed by atoms with van der Waals surface area (Å²) < 4.78 is 11.5. The van der Waals surface area contributed by atoms with Gasteiger partial charge in [0.15, 0.2) is 11.6 Å². The molecule has 0 aliphatic heterocycles. The monoisotopic (exact) mass is 796 g/mol. The van der Waals surface area contributed by atoms with Gasteiger partial charge in [-0.25, -0.2) is 4.98 Å². The largest absolute Gasteiger partial charge is 0.455 e. The summed E-state index contributed by atoms with van der Waals surface area (Å²) in [5, 5.41) is 9.34. The highest BCUT2D eigenvalue weighted by molar-refractivity contribution is 7.25. The van der Waals surface area contributed by atoms with Crippen molar-refractivity contribution in [2.45, 2.75) is 0 Å². The molecule has 0 aliphatic carbocycles. The summed E-state index contributed by atoms with van der Waals surface area (Å²) in [5.41, 5.74) is 9.94. The minimum atomic E-state index is 0.557. The minimum absolute atomic E-state index is 0.557. The zero-order valence-corrected chi connectivity index (χ0v) is 33.4. The number of hydrogen-bond donors (Lipinski definition) is 0. The van der Waals surface area contributed by atoms with Crippen molar-refractivity contribution in [2.24, 2.45) is 0 Å². The van der Waals surface area contributed by atoms with E-state index in [4.69, 9.17) is 19.4 Å². The van der Waals surface area contributed by atoms with Gasteiger partial charge in [0.2, 0.25) is 5.95 Å². The Balaban J connectivity index is 1.04. The Morgan fingerprint density at radius 3 is 1.89 bits per heavy atom. The molecule has 4 heterocycles. The first-order valence-corrected chi connectivity index (χ1v) is 21.2. The van der Waals surface area contributed by atoms with Gasteiger partial charge >= 0.3 is 0 Å². The van der Waals surface area contributed by atoms with Crippen LogP contribution < -0.4 is 0 Å². The molecule has 0 fully saturated rings. The Hall–Kier alpha value is -7.93. The number of fused-ring (bicyclic) bond motifs is 10. The molecule has 0 amide bonds. The van der Waals surface area contributed by atoms with E-state index in [9.17, 15) is 0 Å². The number of hydrogen-bond acceptors (Lipinski definition) is 5. The maximum absolute atomic E-state index is 6.75. The van der Waals surface area contributed by atoms with E-state index in [2.05, 4.69) is 174 Å². The predicted octanol–water partition coefficient (Wildman–Crippen LogP) is 15.1. The van der Waals surface area contributed by atoms with Crippen molar-refractivity contribution in [2.75, 3.05) is 0 Å². The molecular formula is C55H32N4OS. The van der Waals surface area contributed by atoms with E-state index in [0.717, 1.165) is 77.1 Å². The van der Waals surface area contributed by atoms with Gasteiger partial charge in [-0.3, -0.25) is 4.57 Å². The average molecular weight is 797 g/mol. The first-order valence-electron chi connectivity index (χ1n) is 20.4. The van der Waals surface area contributed by atoms with E-state index in [1.807, 2.05) is 35.6 Å². The third-order valence-electron chi connectivity index (χ3n) is 12.0. The van der Waals surface area contributed by atoms with E-state index in [1.54, 1.807) is 0 Å². The molecule has 5 nitrogen and oxygen atoms in total. The molecule has 0 unspecified atom stereocenters. The molecule has 0 bridgehead atoms. The van der Waals surface area contributed by atoms with E-state index < -0.39 is 0 Å². The van der Waals surface area contributed by atoms with Gasteiger partial charge in [0.05, 0.1) is 11.0 Å². The van der Waals surface area contributed by atoms with Crippen LogP contribution in [0.3, 0.4) is 0 Å². The summed E-state index contributed by atoms with van der Waals surface area (Å²) in [5.74, 6) is 1.79. The lowest BCUT2D eigenvalue weighted by Crippen LogP contribution is -2.07. The molecule has 13 rings (SSSR count). The van der Waals surface area contributed by atoms with Crippen LogP contribution >= 0.6 is 11.3 Å². The molecule has 284 valence electrons. The van der Waals surface area contributed by atoms with E-state index in [-0.39, 0.29) is 0 Å². The van der Waals surface area contributed by atoms with Gasteiger partial charge in [-0.2, -0.15) is 9.97 Å². The molecule has 0 spiro atoms. The molecule has 6 heteroatoms. The van der Waals surface area contributed by atoms with Crippen LogP contribution in [0.4, 0.5) is 0 Å². The first-order chi connectivity index (χ1) is 30.2. The van der Waals surface area contributed by atoms with Gasteiger partial charge in [0.1, 0.15) is 11.2 Å². The second-order valence-electron chi connectivity index (χ2n) is 15.6. The highest BCUT2D eigenvalue weighted by Gasteiger charge is 2.22. The van der Waals surface area contributed by atoms with Crippen LogP contribution in [0.2, 0.25) is 0 Å². The molecule has 13 aromatic rings. The Bertz CT molecular complexity index is 3880. The molecule has 61 heavy (non-hydrogen) atoms. The Morgan fingerprint density at radius 2 is 1.05 bits per heavy atom. The lowest BCUT2D eigenvalue weighted by Gasteiger charge is -2.13. The standard InChI is InChI=1S/C55H32N4OS/c1-3-13-33(14-4-1)40-21-12-23-44-42-27-25-37(31-48(42)60-52(40)44)39-20-11-22-43-41-19-9-10-24-47(41)59(51(39)43)55-57-53(34-15-5-2-6-16-34)56-54(58-55)38-26-28-49-45(30-38)46-29-35-17-7-8-18-36(35)32-50(46)61-49/h1-32H. The van der Waals surface area contributed by atoms with Crippen LogP contribution in [0.25, 0.3) is 126 Å². The zero-order chi connectivity index (χ0) is 40.0. The van der Waals surface area contributed by atoms with Crippen LogP contribution in [0.15, 0.2) is 199 Å². The van der Waals surface area contributed by atoms with Crippen LogP contribution in [-0.2, 0) is 0 Å². The van der Waals surface area contributed by atoms with Crippen LogP contribution in [-0.4, -0.2) is 19.5 Å². The van der Waals surface area contributed by atoms with Crippen molar-refractivity contribution in [3.05, 3.63) is 194 Å². The van der Waals surface area contributed by atoms with Crippen molar-refractivity contribution in [1.29, 1.82) is 0 Å². The fraction of sp³-hybridized carbons (Fsp3) is 0. The normalized spacial score (nSPS) is 11.9. The lowest BCUT2D eigenvalue weighted by molar-refractivity contribution is 0.670. The highest BCUT2D eigenvalue weighted by Crippen LogP contribution is 2.42. The summed E-state index contributed by atoms with van der Waals surface area (Å²) in [6, 6.07) is 68.5. The molecule has 0 saturated carbocycles. The molecule has 0 N–H and O–H groups in total. The minimum Gasteiger partial charge on any atom is -0.455 e. The first kappa shape index (κ1) is 34.0. The summed E-state index contributed by atoms with van der Waals surface area (Å²) in [4.78, 5) is 15.8. The third kappa shape index (κ3) is 5.36. The molecule has 9 aromatic carbocycles. The van der Waals surface area contributed by atoms with Gasteiger partial charge in [-0.05, 0) is 70.4 Å². The molecular weight excluding hydrogens is 765 g/mol. The number of aromatic nitrogens is 4. The highest BCUT2D eigenvalue weighted by atomic mass is 32.1. The molecule has 4 aromatic heterocycles. The van der Waals surface area contributed by atoms with Crippen molar-refractivity contribution in [3.63, 3.8) is 0 Å². The summed E-state index contributed by atoms with van der Waals surface area (Å²) in [7, 11) is 0. The number of thiophene rings is 1. The average Bonchev–Trinajstić information content (AvgIpc) is 4.00. The van der Waals surface area contributed by atoms with Gasteiger partial charge in [0, 0.05) is 64.0 Å². The number of benzene rings is 9. The number of nitrogens with zero attached hydrogens (tertiary/aromatic N) is 4. The SMILES string of the molecule is c1ccc(-c2nc(-c3ccc4sc5cc6ccccc6cc5c4c3)nc(-n3c4ccccc4c4cccc(-c5ccc6c(c5)oc5c(-c7ccccc7)cccc56)c43)n2)cc1. The number of furan rings is 1. The summed E-state index contributed by atoms with van der Waals surface area (Å²) >= 11 is 1.82. The van der Waals surface area contributed by atoms with Crippen molar-refractivity contribution in [1.82, 2.24) is 19.5 Å². The molecule has 0 saturated heterocycles. The molecule has 0 radical (unpaired) electrons.